The lowest BCUT2D eigenvalue weighted by Gasteiger charge is -2.22. The molecule has 3 N–H and O–H groups in total. The average molecular weight is 418 g/mol. The molecule has 0 aromatic heterocycles. The number of nitrogens with one attached hydrogen (secondary N) is 1. The van der Waals surface area contributed by atoms with Crippen LogP contribution in [-0.4, -0.2) is 29.3 Å². The van der Waals surface area contributed by atoms with Crippen LogP contribution in [0.3, 0.4) is 0 Å². The highest BCUT2D eigenvalue weighted by Gasteiger charge is 2.28. The topological polar surface area (TPSA) is 75.4 Å². The van der Waals surface area contributed by atoms with Gasteiger partial charge in [-0.1, -0.05) is 41.4 Å². The van der Waals surface area contributed by atoms with Gasteiger partial charge in [-0.3, -0.25) is 14.5 Å². The molecule has 1 aliphatic rings. The Balaban J connectivity index is 1.65. The number of rotatable bonds is 6. The number of nitrogens with zero attached hydrogens (tertiary/aromatic N) is 1. The molecule has 2 aromatic carbocycles. The largest absolute Gasteiger partial charge is 0.368 e. The summed E-state index contributed by atoms with van der Waals surface area (Å²) < 4.78 is 0. The number of nitrogens with two attached hydrogens (primary N) is 1. The number of benzene rings is 2. The summed E-state index contributed by atoms with van der Waals surface area (Å²) >= 11 is 12.2. The molecule has 0 bridgehead atoms. The number of anilines is 1. The van der Waals surface area contributed by atoms with Gasteiger partial charge in [-0.15, -0.1) is 0 Å². The van der Waals surface area contributed by atoms with Gasteiger partial charge in [0, 0.05) is 33.9 Å². The molecule has 0 radical (unpaired) electrons. The summed E-state index contributed by atoms with van der Waals surface area (Å²) in [5.41, 5.74) is 7.75. The molecule has 2 amide bonds. The van der Waals surface area contributed by atoms with Crippen LogP contribution in [0.15, 0.2) is 48.5 Å². The Morgan fingerprint density at radius 1 is 1.18 bits per heavy atom. The predicted octanol–water partition coefficient (Wildman–Crippen LogP) is 4.10. The lowest BCUT2D eigenvalue weighted by molar-refractivity contribution is -0.122. The molecular formula is C21H21Cl2N3O2. The van der Waals surface area contributed by atoms with Crippen LogP contribution >= 0.6 is 23.2 Å². The van der Waals surface area contributed by atoms with Crippen molar-refractivity contribution in [3.63, 3.8) is 0 Å². The Morgan fingerprint density at radius 2 is 1.89 bits per heavy atom. The van der Waals surface area contributed by atoms with Crippen molar-refractivity contribution >= 4 is 46.8 Å². The maximum Gasteiger partial charge on any atom is 0.248 e. The highest BCUT2D eigenvalue weighted by molar-refractivity contribution is 6.37. The summed E-state index contributed by atoms with van der Waals surface area (Å²) in [6, 6.07) is 12.5. The van der Waals surface area contributed by atoms with E-state index < -0.39 is 0 Å². The normalized spacial score (nSPS) is 17.1. The van der Waals surface area contributed by atoms with Crippen LogP contribution in [0.1, 0.15) is 24.0 Å². The van der Waals surface area contributed by atoms with E-state index in [0.29, 0.717) is 27.8 Å². The molecule has 2 aromatic rings. The molecule has 0 spiro atoms. The molecule has 0 aliphatic carbocycles. The van der Waals surface area contributed by atoms with Gasteiger partial charge >= 0.3 is 0 Å². The molecule has 5 nitrogen and oxygen atoms in total. The molecule has 3 rings (SSSR count). The van der Waals surface area contributed by atoms with E-state index in [-0.39, 0.29) is 17.9 Å². The highest BCUT2D eigenvalue weighted by Crippen LogP contribution is 2.25. The lowest BCUT2D eigenvalue weighted by atomic mass is 10.1. The fraction of sp³-hybridized carbons (Fsp3) is 0.238. The molecule has 1 heterocycles. The number of carbonyl (C=O) groups is 2. The van der Waals surface area contributed by atoms with Crippen molar-refractivity contribution in [3.05, 3.63) is 69.7 Å². The first-order valence-electron chi connectivity index (χ1n) is 8.99. The summed E-state index contributed by atoms with van der Waals surface area (Å²) in [4.78, 5) is 25.9. The zero-order chi connectivity index (χ0) is 20.1. The van der Waals surface area contributed by atoms with Gasteiger partial charge in [-0.25, -0.2) is 0 Å². The Bertz CT molecular complexity index is 894. The SMILES string of the molecule is NC(=O)C1CCCN1Cc1cccc(NC(=O)/C=C/c2c(Cl)cccc2Cl)c1. The summed E-state index contributed by atoms with van der Waals surface area (Å²) in [5, 5.41) is 3.79. The van der Waals surface area contributed by atoms with Crippen LogP contribution in [0.4, 0.5) is 5.69 Å². The van der Waals surface area contributed by atoms with Gasteiger partial charge in [0.1, 0.15) is 0 Å². The minimum absolute atomic E-state index is 0.221. The first-order valence-corrected chi connectivity index (χ1v) is 9.75. The fourth-order valence-electron chi connectivity index (χ4n) is 3.33. The maximum atomic E-state index is 12.2. The zero-order valence-electron chi connectivity index (χ0n) is 15.2. The van der Waals surface area contributed by atoms with Gasteiger partial charge in [0.15, 0.2) is 0 Å². The van der Waals surface area contributed by atoms with Gasteiger partial charge in [0.05, 0.1) is 6.04 Å². The van der Waals surface area contributed by atoms with Gasteiger partial charge in [-0.05, 0) is 55.3 Å². The number of likely N-dealkylation sites (tertiary alicyclic amines) is 1. The van der Waals surface area contributed by atoms with E-state index in [4.69, 9.17) is 28.9 Å². The molecule has 1 fully saturated rings. The van der Waals surface area contributed by atoms with Crippen LogP contribution in [0.5, 0.6) is 0 Å². The lowest BCUT2D eigenvalue weighted by Crippen LogP contribution is -2.39. The number of hydrogen-bond donors (Lipinski definition) is 2. The molecular weight excluding hydrogens is 397 g/mol. The van der Waals surface area contributed by atoms with Gasteiger partial charge in [0.2, 0.25) is 11.8 Å². The highest BCUT2D eigenvalue weighted by atomic mass is 35.5. The number of amides is 2. The second-order valence-corrected chi connectivity index (χ2v) is 7.50. The van der Waals surface area contributed by atoms with Crippen LogP contribution in [0.25, 0.3) is 6.08 Å². The smallest absolute Gasteiger partial charge is 0.248 e. The van der Waals surface area contributed by atoms with E-state index >= 15 is 0 Å². The van der Waals surface area contributed by atoms with Crippen LogP contribution in [0.2, 0.25) is 10.0 Å². The van der Waals surface area contributed by atoms with Crippen LogP contribution in [0, 0.1) is 0 Å². The number of primary amides is 1. The third kappa shape index (κ3) is 5.13. The summed E-state index contributed by atoms with van der Waals surface area (Å²) in [5.74, 6) is -0.574. The molecule has 7 heteroatoms. The second kappa shape index (κ2) is 9.24. The standard InChI is InChI=1S/C21H21Cl2N3O2/c22-17-6-2-7-18(23)16(17)9-10-20(27)25-15-5-1-4-14(12-15)13-26-11-3-8-19(26)21(24)28/h1-2,4-7,9-10,12,19H,3,8,11,13H2,(H2,24,28)(H,25,27)/b10-9+. The Morgan fingerprint density at radius 3 is 2.61 bits per heavy atom. The molecule has 28 heavy (non-hydrogen) atoms. The van der Waals surface area contributed by atoms with E-state index in [1.54, 1.807) is 24.3 Å². The van der Waals surface area contributed by atoms with Gasteiger partial charge < -0.3 is 11.1 Å². The Kier molecular flexibility index (Phi) is 6.73. The molecule has 1 saturated heterocycles. The van der Waals surface area contributed by atoms with E-state index in [1.165, 1.54) is 6.08 Å². The van der Waals surface area contributed by atoms with Crippen molar-refractivity contribution in [1.29, 1.82) is 0 Å². The first-order chi connectivity index (χ1) is 13.4. The predicted molar refractivity (Wildman–Crippen MR) is 113 cm³/mol. The molecule has 146 valence electrons. The number of carbonyl (C=O) groups excluding carboxylic acids is 2. The summed E-state index contributed by atoms with van der Waals surface area (Å²) in [7, 11) is 0. The molecule has 0 saturated carbocycles. The summed E-state index contributed by atoms with van der Waals surface area (Å²) in [6.07, 6.45) is 4.73. The van der Waals surface area contributed by atoms with Crippen molar-refractivity contribution in [2.45, 2.75) is 25.4 Å². The minimum Gasteiger partial charge on any atom is -0.368 e. The van der Waals surface area contributed by atoms with E-state index in [0.717, 1.165) is 24.9 Å². The second-order valence-electron chi connectivity index (χ2n) is 6.69. The third-order valence-electron chi connectivity index (χ3n) is 4.67. The zero-order valence-corrected chi connectivity index (χ0v) is 16.7. The average Bonchev–Trinajstić information content (AvgIpc) is 3.10. The van der Waals surface area contributed by atoms with Gasteiger partial charge in [-0.2, -0.15) is 0 Å². The van der Waals surface area contributed by atoms with E-state index in [9.17, 15) is 9.59 Å². The van der Waals surface area contributed by atoms with Crippen LogP contribution < -0.4 is 11.1 Å². The maximum absolute atomic E-state index is 12.2. The van der Waals surface area contributed by atoms with E-state index in [1.807, 2.05) is 24.3 Å². The Labute approximate surface area is 174 Å². The minimum atomic E-state index is -0.288. The summed E-state index contributed by atoms with van der Waals surface area (Å²) in [6.45, 7) is 1.45. The van der Waals surface area contributed by atoms with Crippen molar-refractivity contribution < 1.29 is 9.59 Å². The Hall–Kier alpha value is -2.34. The molecule has 1 aliphatic heterocycles. The van der Waals surface area contributed by atoms with Crippen LogP contribution in [-0.2, 0) is 16.1 Å². The van der Waals surface area contributed by atoms with Crippen molar-refractivity contribution in [1.82, 2.24) is 4.90 Å². The van der Waals surface area contributed by atoms with E-state index in [2.05, 4.69) is 10.2 Å². The fourth-order valence-corrected chi connectivity index (χ4v) is 3.86. The first kappa shape index (κ1) is 20.4. The monoisotopic (exact) mass is 417 g/mol. The number of halogens is 2. The third-order valence-corrected chi connectivity index (χ3v) is 5.33. The van der Waals surface area contributed by atoms with Crippen molar-refractivity contribution in [3.8, 4) is 0 Å². The number of hydrogen-bond acceptors (Lipinski definition) is 3. The van der Waals surface area contributed by atoms with Crippen molar-refractivity contribution in [2.24, 2.45) is 5.73 Å². The molecule has 1 unspecified atom stereocenters. The van der Waals surface area contributed by atoms with Gasteiger partial charge in [0.25, 0.3) is 0 Å². The quantitative estimate of drug-likeness (QED) is 0.694. The molecule has 1 atom stereocenters. The van der Waals surface area contributed by atoms with Crippen molar-refractivity contribution in [2.75, 3.05) is 11.9 Å².